The number of halogens is 1. The highest BCUT2D eigenvalue weighted by atomic mass is 19.1. The summed E-state index contributed by atoms with van der Waals surface area (Å²) in [6.07, 6.45) is 2.49. The first-order valence-electron chi connectivity index (χ1n) is 10.5. The molecule has 31 heavy (non-hydrogen) atoms. The number of hydrogen-bond acceptors (Lipinski definition) is 6. The number of carbonyl (C=O) groups is 1. The van der Waals surface area contributed by atoms with Gasteiger partial charge in [0, 0.05) is 63.2 Å². The first-order chi connectivity index (χ1) is 14.9. The summed E-state index contributed by atoms with van der Waals surface area (Å²) in [5.41, 5.74) is 2.44. The van der Waals surface area contributed by atoms with E-state index in [-0.39, 0.29) is 12.1 Å². The summed E-state index contributed by atoms with van der Waals surface area (Å²) in [5, 5.41) is 7.64. The number of ether oxygens (including phenoxy) is 2. The van der Waals surface area contributed by atoms with Gasteiger partial charge in [0.25, 0.3) is 0 Å². The number of aromatic nitrogens is 3. The number of hydrogen-bond donors (Lipinski definition) is 1. The highest BCUT2D eigenvalue weighted by Gasteiger charge is 2.32. The van der Waals surface area contributed by atoms with E-state index in [1.54, 1.807) is 29.8 Å². The van der Waals surface area contributed by atoms with Crippen LogP contribution in [0.1, 0.15) is 35.7 Å². The molecule has 0 atom stereocenters. The van der Waals surface area contributed by atoms with Crippen LogP contribution >= 0.6 is 0 Å². The predicted molar refractivity (Wildman–Crippen MR) is 113 cm³/mol. The molecule has 2 aromatic heterocycles. The van der Waals surface area contributed by atoms with Gasteiger partial charge in [-0.3, -0.25) is 4.68 Å². The summed E-state index contributed by atoms with van der Waals surface area (Å²) in [6.45, 7) is 4.10. The minimum absolute atomic E-state index is 0.126. The van der Waals surface area contributed by atoms with Crippen LogP contribution in [0.25, 0.3) is 0 Å². The number of amides is 2. The highest BCUT2D eigenvalue weighted by Crippen LogP contribution is 2.36. The molecule has 2 aromatic rings. The van der Waals surface area contributed by atoms with Gasteiger partial charge in [-0.2, -0.15) is 9.49 Å². The summed E-state index contributed by atoms with van der Waals surface area (Å²) in [7, 11) is 4.95. The fourth-order valence-corrected chi connectivity index (χ4v) is 4.30. The maximum absolute atomic E-state index is 14.4. The zero-order chi connectivity index (χ0) is 22.1. The molecule has 4 rings (SSSR count). The Morgan fingerprint density at radius 1 is 1.39 bits per heavy atom. The van der Waals surface area contributed by atoms with Crippen LogP contribution in [0.5, 0.6) is 5.75 Å². The third kappa shape index (κ3) is 3.91. The smallest absolute Gasteiger partial charge is 0.317 e. The summed E-state index contributed by atoms with van der Waals surface area (Å²) < 4.78 is 27.4. The van der Waals surface area contributed by atoms with E-state index in [1.165, 1.54) is 7.11 Å². The SMILES string of the molecule is CNC(=O)N1CCc2c(c(N(C)c3cc(OC)c(C)c(F)n3)nn2C2CCOCC2)C1. The monoisotopic (exact) mass is 432 g/mol. The van der Waals surface area contributed by atoms with Gasteiger partial charge in [-0.1, -0.05) is 0 Å². The van der Waals surface area contributed by atoms with Crippen molar-refractivity contribution < 1.29 is 18.7 Å². The van der Waals surface area contributed by atoms with Crippen LogP contribution < -0.4 is 15.0 Å². The molecule has 168 valence electrons. The summed E-state index contributed by atoms with van der Waals surface area (Å²) >= 11 is 0. The molecular formula is C21H29FN6O3. The van der Waals surface area contributed by atoms with Crippen LogP contribution in [0.15, 0.2) is 6.07 Å². The second-order valence-electron chi connectivity index (χ2n) is 7.92. The second-order valence-corrected chi connectivity index (χ2v) is 7.92. The van der Waals surface area contributed by atoms with E-state index in [9.17, 15) is 9.18 Å². The van der Waals surface area contributed by atoms with Crippen LogP contribution in [0.3, 0.4) is 0 Å². The molecule has 9 nitrogen and oxygen atoms in total. The van der Waals surface area contributed by atoms with Crippen molar-refractivity contribution in [3.8, 4) is 5.75 Å². The van der Waals surface area contributed by atoms with E-state index < -0.39 is 5.95 Å². The van der Waals surface area contributed by atoms with E-state index in [2.05, 4.69) is 15.0 Å². The van der Waals surface area contributed by atoms with Crippen LogP contribution in [0, 0.1) is 12.9 Å². The molecule has 4 heterocycles. The number of methoxy groups -OCH3 is 1. The van der Waals surface area contributed by atoms with Crippen molar-refractivity contribution in [2.45, 2.75) is 38.8 Å². The van der Waals surface area contributed by atoms with Crippen molar-refractivity contribution >= 4 is 17.7 Å². The van der Waals surface area contributed by atoms with Crippen LogP contribution in [0.4, 0.5) is 20.8 Å². The van der Waals surface area contributed by atoms with E-state index in [0.29, 0.717) is 55.7 Å². The standard InChI is InChI=1S/C21H29FN6O3/c1-13-17(30-4)11-18(24-19(13)22)26(3)20-15-12-27(21(29)23-2)8-5-16(15)28(25-20)14-6-9-31-10-7-14/h11,14H,5-10,12H2,1-4H3,(H,23,29). The molecule has 0 bridgehead atoms. The molecule has 0 saturated carbocycles. The lowest BCUT2D eigenvalue weighted by Crippen LogP contribution is -2.41. The summed E-state index contributed by atoms with van der Waals surface area (Å²) in [4.78, 5) is 19.9. The maximum Gasteiger partial charge on any atom is 0.317 e. The number of anilines is 2. The molecule has 2 amide bonds. The van der Waals surface area contributed by atoms with E-state index in [1.807, 2.05) is 7.05 Å². The normalized spacial score (nSPS) is 16.7. The lowest BCUT2D eigenvalue weighted by atomic mass is 10.0. The van der Waals surface area contributed by atoms with Gasteiger partial charge in [-0.15, -0.1) is 0 Å². The van der Waals surface area contributed by atoms with E-state index in [0.717, 1.165) is 24.1 Å². The van der Waals surface area contributed by atoms with Crippen molar-refractivity contribution in [1.82, 2.24) is 25.0 Å². The molecule has 0 radical (unpaired) electrons. The number of nitrogens with one attached hydrogen (secondary N) is 1. The van der Waals surface area contributed by atoms with Crippen molar-refractivity contribution in [3.63, 3.8) is 0 Å². The summed E-state index contributed by atoms with van der Waals surface area (Å²) in [5.74, 6) is 0.925. The number of urea groups is 1. The molecule has 1 fully saturated rings. The number of carbonyl (C=O) groups excluding carboxylic acids is 1. The first kappa shape index (κ1) is 21.4. The minimum atomic E-state index is -0.578. The van der Waals surface area contributed by atoms with Gasteiger partial charge < -0.3 is 24.6 Å². The number of fused-ring (bicyclic) bond motifs is 1. The molecule has 0 unspecified atom stereocenters. The van der Waals surface area contributed by atoms with Gasteiger partial charge in [0.1, 0.15) is 11.6 Å². The van der Waals surface area contributed by atoms with Gasteiger partial charge in [-0.25, -0.2) is 9.78 Å². The van der Waals surface area contributed by atoms with Crippen molar-refractivity contribution in [2.75, 3.05) is 45.9 Å². The minimum Gasteiger partial charge on any atom is -0.496 e. The van der Waals surface area contributed by atoms with Gasteiger partial charge in [-0.05, 0) is 19.8 Å². The van der Waals surface area contributed by atoms with Crippen molar-refractivity contribution in [2.24, 2.45) is 0 Å². The number of nitrogens with zero attached hydrogens (tertiary/aromatic N) is 5. The predicted octanol–water partition coefficient (Wildman–Crippen LogP) is 2.55. The lowest BCUT2D eigenvalue weighted by Gasteiger charge is -2.30. The number of rotatable bonds is 4. The fraction of sp³-hybridized carbons (Fsp3) is 0.571. The number of pyridine rings is 1. The van der Waals surface area contributed by atoms with Gasteiger partial charge in [0.15, 0.2) is 5.82 Å². The first-order valence-corrected chi connectivity index (χ1v) is 10.5. The largest absolute Gasteiger partial charge is 0.496 e. The molecular weight excluding hydrogens is 403 g/mol. The van der Waals surface area contributed by atoms with E-state index in [4.69, 9.17) is 14.6 Å². The summed E-state index contributed by atoms with van der Waals surface area (Å²) in [6, 6.07) is 1.82. The quantitative estimate of drug-likeness (QED) is 0.748. The van der Waals surface area contributed by atoms with Crippen LogP contribution in [0.2, 0.25) is 0 Å². The average Bonchev–Trinajstić information content (AvgIpc) is 3.19. The Bertz CT molecular complexity index is 973. The van der Waals surface area contributed by atoms with Crippen molar-refractivity contribution in [3.05, 3.63) is 28.8 Å². The Kier molecular flexibility index (Phi) is 5.99. The molecule has 0 aromatic carbocycles. The van der Waals surface area contributed by atoms with Gasteiger partial charge in [0.05, 0.1) is 19.7 Å². The maximum atomic E-state index is 14.4. The van der Waals surface area contributed by atoms with E-state index >= 15 is 0 Å². The molecule has 1 N–H and O–H groups in total. The van der Waals surface area contributed by atoms with Crippen LogP contribution in [-0.2, 0) is 17.7 Å². The Labute approximate surface area is 181 Å². The Morgan fingerprint density at radius 2 is 2.13 bits per heavy atom. The molecule has 0 aliphatic carbocycles. The van der Waals surface area contributed by atoms with Gasteiger partial charge in [0.2, 0.25) is 5.95 Å². The second kappa shape index (κ2) is 8.70. The Balaban J connectivity index is 1.77. The average molecular weight is 433 g/mol. The zero-order valence-electron chi connectivity index (χ0n) is 18.4. The fourth-order valence-electron chi connectivity index (χ4n) is 4.30. The molecule has 2 aliphatic rings. The third-order valence-electron chi connectivity index (χ3n) is 6.14. The third-order valence-corrected chi connectivity index (χ3v) is 6.14. The van der Waals surface area contributed by atoms with Crippen LogP contribution in [-0.4, -0.2) is 66.7 Å². The molecule has 1 saturated heterocycles. The van der Waals surface area contributed by atoms with Crippen molar-refractivity contribution in [1.29, 1.82) is 0 Å². The Morgan fingerprint density at radius 3 is 2.81 bits per heavy atom. The Hall–Kier alpha value is -2.88. The lowest BCUT2D eigenvalue weighted by molar-refractivity contribution is 0.0651. The topological polar surface area (TPSA) is 84.8 Å². The molecule has 0 spiro atoms. The highest BCUT2D eigenvalue weighted by molar-refractivity contribution is 5.75. The zero-order valence-corrected chi connectivity index (χ0v) is 18.4. The molecule has 10 heteroatoms. The van der Waals surface area contributed by atoms with Gasteiger partial charge >= 0.3 is 6.03 Å². The molecule has 2 aliphatic heterocycles.